The molecular weight excluding hydrogens is 346 g/mol. The molecule has 4 rings (SSSR count). The van der Waals surface area contributed by atoms with E-state index in [4.69, 9.17) is 0 Å². The highest BCUT2D eigenvalue weighted by molar-refractivity contribution is 8.15. The fourth-order valence-electron chi connectivity index (χ4n) is 3.50. The third-order valence-corrected chi connectivity index (χ3v) is 5.93. The van der Waals surface area contributed by atoms with Crippen LogP contribution in [0.5, 0.6) is 0 Å². The Labute approximate surface area is 156 Å². The molecule has 6 heteroatoms. The third-order valence-electron chi connectivity index (χ3n) is 4.84. The predicted octanol–water partition coefficient (Wildman–Crippen LogP) is 3.70. The highest BCUT2D eigenvalue weighted by Crippen LogP contribution is 2.28. The molecule has 2 aliphatic rings. The molecule has 1 saturated heterocycles. The van der Waals surface area contributed by atoms with Gasteiger partial charge in [-0.25, -0.2) is 0 Å². The predicted molar refractivity (Wildman–Crippen MR) is 106 cm³/mol. The Bertz CT molecular complexity index is 869. The van der Waals surface area contributed by atoms with E-state index in [0.29, 0.717) is 11.2 Å². The lowest BCUT2D eigenvalue weighted by molar-refractivity contribution is -0.122. The van der Waals surface area contributed by atoms with Crippen LogP contribution in [-0.2, 0) is 9.59 Å². The Hall–Kier alpha value is -2.34. The average molecular weight is 367 g/mol. The molecule has 1 saturated carbocycles. The maximum atomic E-state index is 12.5. The van der Waals surface area contributed by atoms with Gasteiger partial charge in [0.1, 0.15) is 5.25 Å². The summed E-state index contributed by atoms with van der Waals surface area (Å²) in [6, 6.07) is 14.0. The first-order valence-corrected chi connectivity index (χ1v) is 9.90. The zero-order chi connectivity index (χ0) is 17.9. The van der Waals surface area contributed by atoms with Crippen LogP contribution in [0.25, 0.3) is 10.8 Å². The first-order chi connectivity index (χ1) is 12.7. The number of amidine groups is 1. The zero-order valence-electron chi connectivity index (χ0n) is 14.4. The molecule has 26 heavy (non-hydrogen) atoms. The van der Waals surface area contributed by atoms with Gasteiger partial charge < -0.3 is 10.6 Å². The first-order valence-electron chi connectivity index (χ1n) is 9.02. The van der Waals surface area contributed by atoms with E-state index in [9.17, 15) is 9.59 Å². The van der Waals surface area contributed by atoms with Crippen molar-refractivity contribution in [1.82, 2.24) is 5.32 Å². The van der Waals surface area contributed by atoms with Crippen molar-refractivity contribution in [3.8, 4) is 0 Å². The molecule has 0 spiro atoms. The number of carbonyl (C=O) groups excluding carboxylic acids is 2. The van der Waals surface area contributed by atoms with E-state index in [1.807, 2.05) is 42.5 Å². The number of fused-ring (bicyclic) bond motifs is 1. The van der Waals surface area contributed by atoms with Crippen molar-refractivity contribution in [3.63, 3.8) is 0 Å². The van der Waals surface area contributed by atoms with Crippen LogP contribution < -0.4 is 10.6 Å². The van der Waals surface area contributed by atoms with E-state index in [2.05, 4.69) is 15.6 Å². The van der Waals surface area contributed by atoms with Gasteiger partial charge in [0.2, 0.25) is 11.8 Å². The molecule has 2 N–H and O–H groups in total. The smallest absolute Gasteiger partial charge is 0.240 e. The molecule has 2 aromatic carbocycles. The number of nitrogens with one attached hydrogen (secondary N) is 2. The summed E-state index contributed by atoms with van der Waals surface area (Å²) in [5.41, 5.74) is 0.774. The molecule has 1 aliphatic carbocycles. The van der Waals surface area contributed by atoms with Gasteiger partial charge in [-0.05, 0) is 24.3 Å². The summed E-state index contributed by atoms with van der Waals surface area (Å²) >= 11 is 1.38. The molecule has 2 amide bonds. The highest BCUT2D eigenvalue weighted by atomic mass is 32.2. The number of carbonyl (C=O) groups is 2. The van der Waals surface area contributed by atoms with Crippen LogP contribution in [0, 0.1) is 0 Å². The van der Waals surface area contributed by atoms with Crippen LogP contribution in [0.3, 0.4) is 0 Å². The maximum absolute atomic E-state index is 12.5. The van der Waals surface area contributed by atoms with Crippen LogP contribution in [0.1, 0.15) is 32.1 Å². The Balaban J connectivity index is 1.41. The van der Waals surface area contributed by atoms with E-state index in [0.717, 1.165) is 29.3 Å². The molecule has 1 unspecified atom stereocenters. The third kappa shape index (κ3) is 3.75. The minimum absolute atomic E-state index is 0.125. The fourth-order valence-corrected chi connectivity index (χ4v) is 4.54. The number of rotatable bonds is 4. The second kappa shape index (κ2) is 7.50. The molecular formula is C20H21N3O2S. The van der Waals surface area contributed by atoms with Gasteiger partial charge in [-0.2, -0.15) is 0 Å². The monoisotopic (exact) mass is 367 g/mol. The number of anilines is 1. The summed E-state index contributed by atoms with van der Waals surface area (Å²) < 4.78 is 0. The summed E-state index contributed by atoms with van der Waals surface area (Å²) in [7, 11) is 0. The Kier molecular flexibility index (Phi) is 4.93. The van der Waals surface area contributed by atoms with Gasteiger partial charge in [-0.1, -0.05) is 61.0 Å². The topological polar surface area (TPSA) is 70.6 Å². The average Bonchev–Trinajstić information content (AvgIpc) is 3.26. The van der Waals surface area contributed by atoms with Crippen LogP contribution in [0.2, 0.25) is 0 Å². The van der Waals surface area contributed by atoms with Crippen LogP contribution in [-0.4, -0.2) is 28.3 Å². The van der Waals surface area contributed by atoms with Crippen molar-refractivity contribution in [1.29, 1.82) is 0 Å². The SMILES string of the molecule is O=C(CC1SC(=NC2CCCC2)NC1=O)Nc1cccc2ccccc12. The van der Waals surface area contributed by atoms with Gasteiger partial charge in [0, 0.05) is 17.5 Å². The number of hydrogen-bond donors (Lipinski definition) is 2. The molecule has 1 heterocycles. The standard InChI is InChI=1S/C20H21N3O2S/c24-18(22-16-11-5-7-13-6-1-4-10-15(13)16)12-17-19(25)23-20(26-17)21-14-8-2-3-9-14/h1,4-7,10-11,14,17H,2-3,8-9,12H2,(H,22,24)(H,21,23,25). The number of aliphatic imine (C=N–C) groups is 1. The second-order valence-corrected chi connectivity index (χ2v) is 7.94. The van der Waals surface area contributed by atoms with E-state index in [-0.39, 0.29) is 18.2 Å². The lowest BCUT2D eigenvalue weighted by Gasteiger charge is -2.10. The van der Waals surface area contributed by atoms with E-state index >= 15 is 0 Å². The van der Waals surface area contributed by atoms with Crippen molar-refractivity contribution in [3.05, 3.63) is 42.5 Å². The van der Waals surface area contributed by atoms with Gasteiger partial charge in [0.05, 0.1) is 6.04 Å². The van der Waals surface area contributed by atoms with Crippen molar-refractivity contribution in [2.24, 2.45) is 4.99 Å². The minimum atomic E-state index is -0.412. The van der Waals surface area contributed by atoms with Crippen molar-refractivity contribution >= 4 is 45.2 Å². The summed E-state index contributed by atoms with van der Waals surface area (Å²) in [6.07, 6.45) is 4.73. The van der Waals surface area contributed by atoms with Crippen LogP contribution >= 0.6 is 11.8 Å². The quantitative estimate of drug-likeness (QED) is 0.866. The van der Waals surface area contributed by atoms with E-state index in [1.165, 1.54) is 24.6 Å². The Morgan fingerprint density at radius 2 is 1.92 bits per heavy atom. The summed E-state index contributed by atoms with van der Waals surface area (Å²) in [5.74, 6) is -0.282. The van der Waals surface area contributed by atoms with Gasteiger partial charge in [0.15, 0.2) is 5.17 Å². The summed E-state index contributed by atoms with van der Waals surface area (Å²) in [6.45, 7) is 0. The zero-order valence-corrected chi connectivity index (χ0v) is 15.2. The number of benzene rings is 2. The molecule has 0 bridgehead atoms. The first kappa shape index (κ1) is 17.1. The van der Waals surface area contributed by atoms with Crippen molar-refractivity contribution in [2.45, 2.75) is 43.4 Å². The van der Waals surface area contributed by atoms with Gasteiger partial charge in [0.25, 0.3) is 0 Å². The number of thioether (sulfide) groups is 1. The Morgan fingerprint density at radius 1 is 1.15 bits per heavy atom. The number of nitrogens with zero attached hydrogens (tertiary/aromatic N) is 1. The molecule has 1 aliphatic heterocycles. The van der Waals surface area contributed by atoms with Gasteiger partial charge in [-0.15, -0.1) is 0 Å². The summed E-state index contributed by atoms with van der Waals surface area (Å²) in [5, 5.41) is 8.10. The van der Waals surface area contributed by atoms with Gasteiger partial charge in [-0.3, -0.25) is 14.6 Å². The van der Waals surface area contributed by atoms with Crippen LogP contribution in [0.15, 0.2) is 47.5 Å². The lowest BCUT2D eigenvalue weighted by Crippen LogP contribution is -2.28. The van der Waals surface area contributed by atoms with E-state index < -0.39 is 5.25 Å². The molecule has 0 radical (unpaired) electrons. The molecule has 2 fully saturated rings. The fraction of sp³-hybridized carbons (Fsp3) is 0.350. The largest absolute Gasteiger partial charge is 0.325 e. The highest BCUT2D eigenvalue weighted by Gasteiger charge is 2.32. The Morgan fingerprint density at radius 3 is 2.77 bits per heavy atom. The molecule has 1 atom stereocenters. The number of hydrogen-bond acceptors (Lipinski definition) is 4. The minimum Gasteiger partial charge on any atom is -0.325 e. The van der Waals surface area contributed by atoms with E-state index in [1.54, 1.807) is 0 Å². The van der Waals surface area contributed by atoms with Crippen molar-refractivity contribution in [2.75, 3.05) is 5.32 Å². The molecule has 134 valence electrons. The second-order valence-electron chi connectivity index (χ2n) is 6.75. The van der Waals surface area contributed by atoms with Crippen LogP contribution in [0.4, 0.5) is 5.69 Å². The summed E-state index contributed by atoms with van der Waals surface area (Å²) in [4.78, 5) is 29.3. The molecule has 0 aromatic heterocycles. The van der Waals surface area contributed by atoms with Gasteiger partial charge >= 0.3 is 0 Å². The number of amides is 2. The molecule has 2 aromatic rings. The van der Waals surface area contributed by atoms with Crippen molar-refractivity contribution < 1.29 is 9.59 Å². The maximum Gasteiger partial charge on any atom is 0.240 e. The normalized spacial score (nSPS) is 22.1. The lowest BCUT2D eigenvalue weighted by atomic mass is 10.1. The molecule has 5 nitrogen and oxygen atoms in total.